The molecule has 1 N–H and O–H groups in total. The monoisotopic (exact) mass is 346 g/mol. The van der Waals surface area contributed by atoms with Crippen LogP contribution in [-0.2, 0) is 0 Å². The molecule has 0 aliphatic heterocycles. The van der Waals surface area contributed by atoms with Gasteiger partial charge in [-0.2, -0.15) is 9.90 Å². The third-order valence-electron chi connectivity index (χ3n) is 3.35. The van der Waals surface area contributed by atoms with Crippen LogP contribution in [0.25, 0.3) is 5.69 Å². The molecule has 0 saturated carbocycles. The first-order chi connectivity index (χ1) is 11.0. The van der Waals surface area contributed by atoms with Gasteiger partial charge in [0.2, 0.25) is 0 Å². The lowest BCUT2D eigenvalue weighted by atomic mass is 10.2. The number of hydrogen-bond donors (Lipinski definition) is 1. The van der Waals surface area contributed by atoms with Gasteiger partial charge in [-0.05, 0) is 38.1 Å². The predicted octanol–water partition coefficient (Wildman–Crippen LogP) is 3.78. The maximum Gasteiger partial charge on any atom is 0.274 e. The fraction of sp³-hybridized carbons (Fsp3) is 0.188. The summed E-state index contributed by atoms with van der Waals surface area (Å²) in [6.45, 7) is 3.69. The molecule has 0 fully saturated rings. The fourth-order valence-corrected chi connectivity index (χ4v) is 3.23. The molecule has 0 aliphatic carbocycles. The number of carbonyl (C=O) groups excluding carboxylic acids is 1. The van der Waals surface area contributed by atoms with Gasteiger partial charge in [-0.3, -0.25) is 4.79 Å². The van der Waals surface area contributed by atoms with Gasteiger partial charge in [0.05, 0.1) is 21.8 Å². The summed E-state index contributed by atoms with van der Waals surface area (Å²) in [7, 11) is 0. The molecule has 7 heteroatoms. The molecule has 0 radical (unpaired) electrons. The number of aromatic nitrogens is 3. The Hall–Kier alpha value is -2.18. The van der Waals surface area contributed by atoms with Gasteiger partial charge in [0.15, 0.2) is 5.69 Å². The number of para-hydroxylation sites is 1. The molecule has 1 amide bonds. The molecule has 2 aromatic heterocycles. The average molecular weight is 347 g/mol. The second-order valence-corrected chi connectivity index (χ2v) is 6.84. The van der Waals surface area contributed by atoms with Crippen LogP contribution in [-0.4, -0.2) is 20.9 Å². The Morgan fingerprint density at radius 3 is 2.61 bits per heavy atom. The number of amides is 1. The summed E-state index contributed by atoms with van der Waals surface area (Å²) in [4.78, 5) is 14.9. The Kier molecular flexibility index (Phi) is 4.45. The third-order valence-corrected chi connectivity index (χ3v) is 4.77. The van der Waals surface area contributed by atoms with Crippen LogP contribution in [0.3, 0.4) is 0 Å². The quantitative estimate of drug-likeness (QED) is 0.782. The summed E-state index contributed by atoms with van der Waals surface area (Å²) in [5, 5.41) is 11.5. The van der Waals surface area contributed by atoms with Crippen LogP contribution in [0.5, 0.6) is 0 Å². The maximum atomic E-state index is 12.4. The normalized spacial score (nSPS) is 12.1. The maximum absolute atomic E-state index is 12.4. The van der Waals surface area contributed by atoms with Gasteiger partial charge in [-0.25, -0.2) is 0 Å². The van der Waals surface area contributed by atoms with Gasteiger partial charge in [-0.1, -0.05) is 29.8 Å². The SMILES string of the molecule is Cc1nn(-c2ccccc2)nc1C(=O)NC(C)c1ccc(Cl)s1. The zero-order valence-corrected chi connectivity index (χ0v) is 14.2. The average Bonchev–Trinajstić information content (AvgIpc) is 3.14. The summed E-state index contributed by atoms with van der Waals surface area (Å²) >= 11 is 7.38. The largest absolute Gasteiger partial charge is 0.343 e. The molecule has 23 heavy (non-hydrogen) atoms. The minimum atomic E-state index is -0.248. The van der Waals surface area contributed by atoms with Gasteiger partial charge >= 0.3 is 0 Å². The first-order valence-corrected chi connectivity index (χ1v) is 8.29. The van der Waals surface area contributed by atoms with Crippen molar-refractivity contribution in [3.63, 3.8) is 0 Å². The molecular weight excluding hydrogens is 332 g/mol. The van der Waals surface area contributed by atoms with Crippen molar-refractivity contribution in [3.8, 4) is 5.69 Å². The molecule has 3 aromatic rings. The van der Waals surface area contributed by atoms with Crippen molar-refractivity contribution in [1.82, 2.24) is 20.3 Å². The highest BCUT2D eigenvalue weighted by Crippen LogP contribution is 2.26. The van der Waals surface area contributed by atoms with Gasteiger partial charge < -0.3 is 5.32 Å². The summed E-state index contributed by atoms with van der Waals surface area (Å²) in [6.07, 6.45) is 0. The number of hydrogen-bond acceptors (Lipinski definition) is 4. The Balaban J connectivity index is 1.79. The lowest BCUT2D eigenvalue weighted by Crippen LogP contribution is -2.27. The number of aryl methyl sites for hydroxylation is 1. The molecule has 118 valence electrons. The van der Waals surface area contributed by atoms with Crippen LogP contribution in [0.15, 0.2) is 42.5 Å². The number of nitrogens with one attached hydrogen (secondary N) is 1. The van der Waals surface area contributed by atoms with Crippen molar-refractivity contribution in [2.75, 3.05) is 0 Å². The van der Waals surface area contributed by atoms with E-state index >= 15 is 0 Å². The molecule has 0 spiro atoms. The number of carbonyl (C=O) groups is 1. The summed E-state index contributed by atoms with van der Waals surface area (Å²) < 4.78 is 0.701. The second kappa shape index (κ2) is 6.52. The van der Waals surface area contributed by atoms with E-state index in [2.05, 4.69) is 15.5 Å². The number of halogens is 1. The van der Waals surface area contributed by atoms with Crippen LogP contribution in [0.1, 0.15) is 34.0 Å². The van der Waals surface area contributed by atoms with Crippen LogP contribution in [0.4, 0.5) is 0 Å². The van der Waals surface area contributed by atoms with Crippen molar-refractivity contribution < 1.29 is 4.79 Å². The summed E-state index contributed by atoms with van der Waals surface area (Å²) in [5.74, 6) is -0.248. The van der Waals surface area contributed by atoms with Gasteiger partial charge in [0.1, 0.15) is 0 Å². The van der Waals surface area contributed by atoms with Crippen molar-refractivity contribution in [3.05, 3.63) is 63.1 Å². The molecule has 1 atom stereocenters. The lowest BCUT2D eigenvalue weighted by molar-refractivity contribution is 0.0934. The summed E-state index contributed by atoms with van der Waals surface area (Å²) in [5.41, 5.74) is 1.72. The summed E-state index contributed by atoms with van der Waals surface area (Å²) in [6, 6.07) is 13.1. The first-order valence-electron chi connectivity index (χ1n) is 7.10. The van der Waals surface area contributed by atoms with Crippen molar-refractivity contribution in [1.29, 1.82) is 0 Å². The minimum absolute atomic E-state index is 0.138. The standard InChI is InChI=1S/C16H15ClN4OS/c1-10(13-8-9-14(17)23-13)18-16(22)15-11(2)19-21(20-15)12-6-4-3-5-7-12/h3-10H,1-2H3,(H,18,22). The van der Waals surface area contributed by atoms with Gasteiger partial charge in [0, 0.05) is 4.88 Å². The number of thiophene rings is 1. The molecule has 0 saturated heterocycles. The van der Waals surface area contributed by atoms with Gasteiger partial charge in [-0.15, -0.1) is 16.4 Å². The van der Waals surface area contributed by atoms with E-state index in [0.717, 1.165) is 10.6 Å². The van der Waals surface area contributed by atoms with Crippen LogP contribution >= 0.6 is 22.9 Å². The van der Waals surface area contributed by atoms with Crippen LogP contribution in [0, 0.1) is 6.92 Å². The number of benzene rings is 1. The Bertz CT molecular complexity index is 828. The molecule has 3 rings (SSSR count). The van der Waals surface area contributed by atoms with Crippen LogP contribution in [0.2, 0.25) is 4.34 Å². The minimum Gasteiger partial charge on any atom is -0.343 e. The number of rotatable bonds is 4. The second-order valence-electron chi connectivity index (χ2n) is 5.10. The topological polar surface area (TPSA) is 59.8 Å². The predicted molar refractivity (Wildman–Crippen MR) is 91.3 cm³/mol. The van der Waals surface area contributed by atoms with E-state index in [-0.39, 0.29) is 11.9 Å². The van der Waals surface area contributed by atoms with Crippen molar-refractivity contribution in [2.45, 2.75) is 19.9 Å². The molecule has 0 aliphatic rings. The van der Waals surface area contributed by atoms with E-state index in [9.17, 15) is 4.79 Å². The Morgan fingerprint density at radius 2 is 1.96 bits per heavy atom. The first kappa shape index (κ1) is 15.7. The molecule has 1 unspecified atom stereocenters. The molecular formula is C16H15ClN4OS. The van der Waals surface area contributed by atoms with Crippen molar-refractivity contribution in [2.24, 2.45) is 0 Å². The van der Waals surface area contributed by atoms with Gasteiger partial charge in [0.25, 0.3) is 5.91 Å². The van der Waals surface area contributed by atoms with Crippen LogP contribution < -0.4 is 5.32 Å². The van der Waals surface area contributed by atoms with E-state index in [1.165, 1.54) is 16.1 Å². The van der Waals surface area contributed by atoms with E-state index in [1.54, 1.807) is 6.92 Å². The molecule has 0 bridgehead atoms. The lowest BCUT2D eigenvalue weighted by Gasteiger charge is -2.10. The van der Waals surface area contributed by atoms with E-state index in [4.69, 9.17) is 11.6 Å². The third kappa shape index (κ3) is 3.43. The van der Waals surface area contributed by atoms with Crippen molar-refractivity contribution >= 4 is 28.8 Å². The Labute approximate surface area is 142 Å². The highest BCUT2D eigenvalue weighted by Gasteiger charge is 2.19. The van der Waals surface area contributed by atoms with E-state index in [1.807, 2.05) is 49.4 Å². The molecule has 1 aromatic carbocycles. The highest BCUT2D eigenvalue weighted by molar-refractivity contribution is 7.16. The zero-order valence-electron chi connectivity index (χ0n) is 12.7. The highest BCUT2D eigenvalue weighted by atomic mass is 35.5. The Morgan fingerprint density at radius 1 is 1.22 bits per heavy atom. The van der Waals surface area contributed by atoms with E-state index in [0.29, 0.717) is 15.7 Å². The molecule has 2 heterocycles. The number of nitrogens with zero attached hydrogens (tertiary/aromatic N) is 3. The smallest absolute Gasteiger partial charge is 0.274 e. The molecule has 5 nitrogen and oxygen atoms in total. The fourth-order valence-electron chi connectivity index (χ4n) is 2.16. The van der Waals surface area contributed by atoms with E-state index < -0.39 is 0 Å². The zero-order chi connectivity index (χ0) is 16.4.